The van der Waals surface area contributed by atoms with E-state index in [0.29, 0.717) is 5.69 Å². The number of carbonyl (C=O) groups is 1. The van der Waals surface area contributed by atoms with Crippen LogP contribution in [0.1, 0.15) is 29.3 Å². The van der Waals surface area contributed by atoms with Gasteiger partial charge in [-0.25, -0.2) is 4.98 Å². The number of nitrogens with two attached hydrogens (primary N) is 1. The zero-order valence-electron chi connectivity index (χ0n) is 10.0. The molecule has 1 aromatic rings. The molecule has 0 aliphatic rings. The quantitative estimate of drug-likeness (QED) is 0.323. The van der Waals surface area contributed by atoms with E-state index in [9.17, 15) is 4.79 Å². The van der Waals surface area contributed by atoms with Gasteiger partial charge in [-0.05, 0) is 6.92 Å². The summed E-state index contributed by atoms with van der Waals surface area (Å²) in [6.45, 7) is 5.66. The maximum Gasteiger partial charge on any atom is 0.270 e. The van der Waals surface area contributed by atoms with Crippen LogP contribution in [-0.2, 0) is 0 Å². The third-order valence-corrected chi connectivity index (χ3v) is 3.12. The van der Waals surface area contributed by atoms with Gasteiger partial charge in [-0.3, -0.25) is 4.79 Å². The maximum absolute atomic E-state index is 11.7. The topological polar surface area (TPSA) is 101 Å². The van der Waals surface area contributed by atoms with Crippen LogP contribution in [0.5, 0.6) is 0 Å². The summed E-state index contributed by atoms with van der Waals surface area (Å²) in [5, 5.41) is 16.8. The van der Waals surface area contributed by atoms with E-state index in [0.717, 1.165) is 5.01 Å². The first-order valence-corrected chi connectivity index (χ1v) is 5.93. The van der Waals surface area contributed by atoms with E-state index in [1.807, 2.05) is 6.92 Å². The minimum atomic E-state index is -0.602. The van der Waals surface area contributed by atoms with Crippen LogP contribution in [0, 0.1) is 12.3 Å². The molecule has 0 aliphatic carbocycles. The summed E-state index contributed by atoms with van der Waals surface area (Å²) in [5.41, 5.74) is 5.30. The van der Waals surface area contributed by atoms with Gasteiger partial charge >= 0.3 is 0 Å². The van der Waals surface area contributed by atoms with Crippen molar-refractivity contribution in [2.75, 3.05) is 6.54 Å². The number of hydrogen-bond acceptors (Lipinski definition) is 5. The van der Waals surface area contributed by atoms with Crippen molar-refractivity contribution in [1.82, 2.24) is 10.3 Å². The Morgan fingerprint density at radius 2 is 2.35 bits per heavy atom. The summed E-state index contributed by atoms with van der Waals surface area (Å²) in [5.74, 6) is -0.180. The first kappa shape index (κ1) is 13.4. The fraction of sp³-hybridized carbons (Fsp3) is 0.500. The number of amidine groups is 1. The highest BCUT2D eigenvalue weighted by Crippen LogP contribution is 2.14. The number of carbonyl (C=O) groups excluding carboxylic acids is 1. The fourth-order valence-electron chi connectivity index (χ4n) is 1.09. The number of rotatable bonds is 4. The first-order valence-electron chi connectivity index (χ1n) is 5.05. The van der Waals surface area contributed by atoms with Crippen molar-refractivity contribution in [1.29, 1.82) is 0 Å². The van der Waals surface area contributed by atoms with E-state index in [4.69, 9.17) is 10.9 Å². The second kappa shape index (κ2) is 5.13. The number of aryl methyl sites for hydroxylation is 1. The molecule has 1 rings (SSSR count). The van der Waals surface area contributed by atoms with E-state index >= 15 is 0 Å². The molecule has 1 amide bonds. The summed E-state index contributed by atoms with van der Waals surface area (Å²) in [4.78, 5) is 15.8. The number of nitrogens with one attached hydrogen (secondary N) is 1. The molecule has 0 unspecified atom stereocenters. The first-order chi connectivity index (χ1) is 7.86. The molecule has 0 aromatic carbocycles. The number of hydrogen-bond donors (Lipinski definition) is 3. The summed E-state index contributed by atoms with van der Waals surface area (Å²) < 4.78 is 0. The minimum absolute atomic E-state index is 0.0762. The lowest BCUT2D eigenvalue weighted by molar-refractivity contribution is 0.0940. The van der Waals surface area contributed by atoms with Crippen LogP contribution >= 0.6 is 11.3 Å². The normalized spacial score (nSPS) is 12.5. The molecule has 1 heterocycles. The van der Waals surface area contributed by atoms with Gasteiger partial charge in [-0.15, -0.1) is 11.3 Å². The molecule has 17 heavy (non-hydrogen) atoms. The monoisotopic (exact) mass is 256 g/mol. The molecule has 0 radical (unpaired) electrons. The number of nitrogens with zero attached hydrogens (tertiary/aromatic N) is 2. The van der Waals surface area contributed by atoms with Crippen molar-refractivity contribution in [2.24, 2.45) is 16.3 Å². The van der Waals surface area contributed by atoms with Crippen molar-refractivity contribution in [3.63, 3.8) is 0 Å². The molecule has 4 N–H and O–H groups in total. The van der Waals surface area contributed by atoms with E-state index in [1.54, 1.807) is 19.2 Å². The van der Waals surface area contributed by atoms with E-state index in [-0.39, 0.29) is 18.3 Å². The zero-order chi connectivity index (χ0) is 13.1. The smallest absolute Gasteiger partial charge is 0.270 e. The number of amides is 1. The van der Waals surface area contributed by atoms with Crippen molar-refractivity contribution in [3.05, 3.63) is 16.1 Å². The molecule has 94 valence electrons. The lowest BCUT2D eigenvalue weighted by atomic mass is 9.92. The van der Waals surface area contributed by atoms with E-state index in [1.165, 1.54) is 11.3 Å². The Morgan fingerprint density at radius 1 is 1.71 bits per heavy atom. The van der Waals surface area contributed by atoms with Gasteiger partial charge in [0.05, 0.1) is 5.01 Å². The number of aromatic nitrogens is 1. The van der Waals surface area contributed by atoms with Gasteiger partial charge in [0, 0.05) is 17.3 Å². The molecule has 0 bridgehead atoms. The van der Waals surface area contributed by atoms with Gasteiger partial charge in [0.25, 0.3) is 5.91 Å². The van der Waals surface area contributed by atoms with Crippen LogP contribution in [0.25, 0.3) is 0 Å². The maximum atomic E-state index is 11.7. The highest BCUT2D eigenvalue weighted by molar-refractivity contribution is 7.09. The minimum Gasteiger partial charge on any atom is -0.409 e. The Labute approximate surface area is 104 Å². The summed E-state index contributed by atoms with van der Waals surface area (Å²) in [7, 11) is 0. The Kier molecular flexibility index (Phi) is 4.06. The highest BCUT2D eigenvalue weighted by atomic mass is 32.1. The number of thiazole rings is 1. The standard InChI is InChI=1S/C10H16N4O2S/c1-6-13-7(4-17-6)8(15)12-5-10(2,3)9(11)14-16/h4,16H,5H2,1-3H3,(H2,11,14)(H,12,15). The highest BCUT2D eigenvalue weighted by Gasteiger charge is 2.24. The zero-order valence-corrected chi connectivity index (χ0v) is 10.8. The Bertz CT molecular complexity index is 439. The van der Waals surface area contributed by atoms with Gasteiger partial charge < -0.3 is 16.3 Å². The molecular formula is C10H16N4O2S. The van der Waals surface area contributed by atoms with E-state index in [2.05, 4.69) is 15.5 Å². The van der Waals surface area contributed by atoms with Crippen molar-refractivity contribution in [2.45, 2.75) is 20.8 Å². The van der Waals surface area contributed by atoms with Crippen molar-refractivity contribution < 1.29 is 10.0 Å². The van der Waals surface area contributed by atoms with Crippen LogP contribution in [0.2, 0.25) is 0 Å². The number of oxime groups is 1. The third kappa shape index (κ3) is 3.42. The molecule has 6 nitrogen and oxygen atoms in total. The second-order valence-corrected chi connectivity index (χ2v) is 5.37. The molecule has 1 aromatic heterocycles. The molecule has 0 fully saturated rings. The Balaban J connectivity index is 2.60. The third-order valence-electron chi connectivity index (χ3n) is 2.34. The van der Waals surface area contributed by atoms with Gasteiger partial charge in [0.15, 0.2) is 0 Å². The molecule has 0 aliphatic heterocycles. The lowest BCUT2D eigenvalue weighted by Crippen LogP contribution is -2.42. The molecule has 0 atom stereocenters. The largest absolute Gasteiger partial charge is 0.409 e. The predicted molar refractivity (Wildman–Crippen MR) is 66.4 cm³/mol. The Morgan fingerprint density at radius 3 is 2.82 bits per heavy atom. The Hall–Kier alpha value is -1.63. The fourth-order valence-corrected chi connectivity index (χ4v) is 1.68. The van der Waals surface area contributed by atoms with Gasteiger partial charge in [0.1, 0.15) is 11.5 Å². The molecule has 0 spiro atoms. The molecule has 0 saturated carbocycles. The second-order valence-electron chi connectivity index (χ2n) is 4.30. The van der Waals surface area contributed by atoms with Crippen LogP contribution in [0.15, 0.2) is 10.5 Å². The van der Waals surface area contributed by atoms with Gasteiger partial charge in [0.2, 0.25) is 0 Å². The van der Waals surface area contributed by atoms with Gasteiger partial charge in [-0.2, -0.15) is 0 Å². The van der Waals surface area contributed by atoms with Crippen LogP contribution < -0.4 is 11.1 Å². The average molecular weight is 256 g/mol. The lowest BCUT2D eigenvalue weighted by Gasteiger charge is -2.22. The van der Waals surface area contributed by atoms with Crippen LogP contribution in [0.3, 0.4) is 0 Å². The molecular weight excluding hydrogens is 240 g/mol. The van der Waals surface area contributed by atoms with Crippen molar-refractivity contribution >= 4 is 23.1 Å². The van der Waals surface area contributed by atoms with Crippen LogP contribution in [-0.4, -0.2) is 28.5 Å². The van der Waals surface area contributed by atoms with Crippen LogP contribution in [0.4, 0.5) is 0 Å². The molecule has 0 saturated heterocycles. The van der Waals surface area contributed by atoms with Gasteiger partial charge in [-0.1, -0.05) is 19.0 Å². The van der Waals surface area contributed by atoms with E-state index < -0.39 is 5.41 Å². The summed E-state index contributed by atoms with van der Waals surface area (Å²) >= 11 is 1.42. The van der Waals surface area contributed by atoms with Crippen molar-refractivity contribution in [3.8, 4) is 0 Å². The predicted octanol–water partition coefficient (Wildman–Crippen LogP) is 0.954. The SMILES string of the molecule is Cc1nc(C(=O)NCC(C)(C)C(N)=NO)cs1. The average Bonchev–Trinajstić information content (AvgIpc) is 2.71. The molecule has 7 heteroatoms. The summed E-state index contributed by atoms with van der Waals surface area (Å²) in [6, 6.07) is 0. The summed E-state index contributed by atoms with van der Waals surface area (Å²) in [6.07, 6.45) is 0.